The van der Waals surface area contributed by atoms with Gasteiger partial charge in [-0.2, -0.15) is 0 Å². The molecule has 2 saturated heterocycles. The molecule has 3 amide bonds. The zero-order chi connectivity index (χ0) is 27.7. The highest BCUT2D eigenvalue weighted by Crippen LogP contribution is 2.38. The molecule has 0 N–H and O–H groups in total. The van der Waals surface area contributed by atoms with Gasteiger partial charge in [0.05, 0.1) is 24.1 Å². The van der Waals surface area contributed by atoms with Gasteiger partial charge in [-0.1, -0.05) is 71.5 Å². The molecule has 10 heteroatoms. The van der Waals surface area contributed by atoms with Crippen molar-refractivity contribution in [2.75, 3.05) is 12.0 Å². The predicted molar refractivity (Wildman–Crippen MR) is 156 cm³/mol. The van der Waals surface area contributed by atoms with Crippen molar-refractivity contribution in [2.45, 2.75) is 26.0 Å². The Morgan fingerprint density at radius 1 is 1.03 bits per heavy atom. The Labute approximate surface area is 240 Å². The van der Waals surface area contributed by atoms with Gasteiger partial charge in [0.15, 0.2) is 11.5 Å². The van der Waals surface area contributed by atoms with Crippen LogP contribution in [0, 0.1) is 6.92 Å². The van der Waals surface area contributed by atoms with Crippen LogP contribution in [0.1, 0.15) is 23.1 Å². The molecular formula is C29H23ClN2O5S2. The van der Waals surface area contributed by atoms with Gasteiger partial charge in [-0.3, -0.25) is 19.3 Å². The van der Waals surface area contributed by atoms with Gasteiger partial charge in [0.1, 0.15) is 17.0 Å². The molecule has 0 saturated carbocycles. The minimum absolute atomic E-state index is 0.125. The average Bonchev–Trinajstić information content (AvgIpc) is 3.37. The Morgan fingerprint density at radius 3 is 2.44 bits per heavy atom. The molecule has 0 spiro atoms. The molecule has 0 radical (unpaired) electrons. The number of ether oxygens (including phenoxy) is 2. The van der Waals surface area contributed by atoms with E-state index in [0.717, 1.165) is 27.8 Å². The number of hydrogen-bond acceptors (Lipinski definition) is 7. The molecule has 39 heavy (non-hydrogen) atoms. The van der Waals surface area contributed by atoms with Crippen molar-refractivity contribution in [1.82, 2.24) is 4.90 Å². The second kappa shape index (κ2) is 11.2. The Hall–Kier alpha value is -3.66. The number of nitrogens with zero attached hydrogens (tertiary/aromatic N) is 2. The lowest BCUT2D eigenvalue weighted by Gasteiger charge is -2.21. The first-order valence-electron chi connectivity index (χ1n) is 12.0. The molecule has 1 unspecified atom stereocenters. The summed E-state index contributed by atoms with van der Waals surface area (Å²) in [6.07, 6.45) is 1.56. The number of thioether (sulfide) groups is 1. The number of carbonyl (C=O) groups is 3. The van der Waals surface area contributed by atoms with Crippen molar-refractivity contribution in [3.8, 4) is 11.5 Å². The molecule has 2 fully saturated rings. The first-order chi connectivity index (χ1) is 18.7. The van der Waals surface area contributed by atoms with E-state index in [1.54, 1.807) is 48.5 Å². The molecule has 0 aliphatic carbocycles. The van der Waals surface area contributed by atoms with E-state index in [0.29, 0.717) is 39.3 Å². The van der Waals surface area contributed by atoms with Gasteiger partial charge in [-0.25, -0.2) is 4.90 Å². The van der Waals surface area contributed by atoms with E-state index < -0.39 is 17.9 Å². The van der Waals surface area contributed by atoms with Crippen LogP contribution in [0.2, 0.25) is 5.02 Å². The minimum atomic E-state index is -0.976. The fourth-order valence-electron chi connectivity index (χ4n) is 4.32. The first kappa shape index (κ1) is 26.9. The molecule has 2 aliphatic rings. The molecular weight excluding hydrogens is 556 g/mol. The number of hydrogen-bond donors (Lipinski definition) is 0. The summed E-state index contributed by atoms with van der Waals surface area (Å²) in [4.78, 5) is 42.1. The number of imide groups is 1. The van der Waals surface area contributed by atoms with Crippen molar-refractivity contribution < 1.29 is 23.9 Å². The van der Waals surface area contributed by atoms with Gasteiger partial charge < -0.3 is 9.47 Å². The van der Waals surface area contributed by atoms with E-state index in [1.807, 2.05) is 31.2 Å². The van der Waals surface area contributed by atoms with Gasteiger partial charge in [-0.05, 0) is 60.5 Å². The second-order valence-electron chi connectivity index (χ2n) is 9.00. The summed E-state index contributed by atoms with van der Waals surface area (Å²) in [5.74, 6) is -0.207. The Bertz CT molecular complexity index is 1510. The largest absolute Gasteiger partial charge is 0.493 e. The Kier molecular flexibility index (Phi) is 7.74. The van der Waals surface area contributed by atoms with Crippen LogP contribution in [0.3, 0.4) is 0 Å². The quantitative estimate of drug-likeness (QED) is 0.200. The SMILES string of the molecule is COc1cc(/C=C2\SC(=S)N(C3CC(=O)N(c4ccc(C)cc4)C3=O)C2=O)ccc1OCc1ccc(Cl)cc1. The topological polar surface area (TPSA) is 76.2 Å². The maximum atomic E-state index is 13.4. The maximum absolute atomic E-state index is 13.4. The van der Waals surface area contributed by atoms with Gasteiger partial charge in [-0.15, -0.1) is 0 Å². The number of halogens is 1. The molecule has 2 heterocycles. The van der Waals surface area contributed by atoms with Crippen LogP contribution in [0.4, 0.5) is 5.69 Å². The lowest BCUT2D eigenvalue weighted by Crippen LogP contribution is -2.44. The van der Waals surface area contributed by atoms with E-state index in [2.05, 4.69) is 0 Å². The lowest BCUT2D eigenvalue weighted by molar-refractivity contribution is -0.129. The fraction of sp³-hybridized carbons (Fsp3) is 0.172. The monoisotopic (exact) mass is 578 g/mol. The number of carbonyl (C=O) groups excluding carboxylic acids is 3. The molecule has 1 atom stereocenters. The van der Waals surface area contributed by atoms with Crippen LogP contribution >= 0.6 is 35.6 Å². The predicted octanol–water partition coefficient (Wildman–Crippen LogP) is 5.77. The van der Waals surface area contributed by atoms with Gasteiger partial charge in [0, 0.05) is 5.02 Å². The highest BCUT2D eigenvalue weighted by atomic mass is 35.5. The van der Waals surface area contributed by atoms with E-state index >= 15 is 0 Å². The van der Waals surface area contributed by atoms with E-state index in [1.165, 1.54) is 12.0 Å². The highest BCUT2D eigenvalue weighted by Gasteiger charge is 2.48. The van der Waals surface area contributed by atoms with E-state index in [-0.39, 0.29) is 16.6 Å². The van der Waals surface area contributed by atoms with Crippen molar-refractivity contribution >= 4 is 69.4 Å². The number of aryl methyl sites for hydroxylation is 1. The summed E-state index contributed by atoms with van der Waals surface area (Å²) >= 11 is 12.5. The second-order valence-corrected chi connectivity index (χ2v) is 11.1. The Morgan fingerprint density at radius 2 is 1.74 bits per heavy atom. The molecule has 2 aliphatic heterocycles. The third-order valence-electron chi connectivity index (χ3n) is 6.34. The number of thiocarbonyl (C=S) groups is 1. The summed E-state index contributed by atoms with van der Waals surface area (Å²) in [6.45, 7) is 2.25. The van der Waals surface area contributed by atoms with E-state index in [4.69, 9.17) is 33.3 Å². The van der Waals surface area contributed by atoms with Crippen molar-refractivity contribution in [3.05, 3.63) is 93.3 Å². The standard InChI is InChI=1S/C29H23ClN2O5S2/c1-17-3-10-21(11-4-17)31-26(33)15-22(27(31)34)32-28(35)25(39-29(32)38)14-19-7-12-23(24(13-19)36-2)37-16-18-5-8-20(30)9-6-18/h3-14,22H,15-16H2,1-2H3/b25-14-. The summed E-state index contributed by atoms with van der Waals surface area (Å²) in [5, 5.41) is 0.651. The average molecular weight is 579 g/mol. The summed E-state index contributed by atoms with van der Waals surface area (Å²) in [6, 6.07) is 18.8. The van der Waals surface area contributed by atoms with Crippen LogP contribution in [0.15, 0.2) is 71.6 Å². The third-order valence-corrected chi connectivity index (χ3v) is 7.93. The van der Waals surface area contributed by atoms with Gasteiger partial charge in [0.25, 0.3) is 11.8 Å². The molecule has 0 aromatic heterocycles. The number of methoxy groups -OCH3 is 1. The van der Waals surface area contributed by atoms with Crippen LogP contribution < -0.4 is 14.4 Å². The van der Waals surface area contributed by atoms with Crippen molar-refractivity contribution in [2.24, 2.45) is 0 Å². The molecule has 7 nitrogen and oxygen atoms in total. The molecule has 3 aromatic carbocycles. The van der Waals surface area contributed by atoms with Crippen LogP contribution in [0.25, 0.3) is 6.08 Å². The number of anilines is 1. The van der Waals surface area contributed by atoms with Crippen LogP contribution in [-0.2, 0) is 21.0 Å². The van der Waals surface area contributed by atoms with Crippen molar-refractivity contribution in [1.29, 1.82) is 0 Å². The smallest absolute Gasteiger partial charge is 0.266 e. The number of amides is 3. The third kappa shape index (κ3) is 5.56. The summed E-state index contributed by atoms with van der Waals surface area (Å²) in [7, 11) is 1.54. The van der Waals surface area contributed by atoms with E-state index in [9.17, 15) is 14.4 Å². The first-order valence-corrected chi connectivity index (χ1v) is 13.6. The lowest BCUT2D eigenvalue weighted by atomic mass is 10.1. The highest BCUT2D eigenvalue weighted by molar-refractivity contribution is 8.26. The molecule has 5 rings (SSSR count). The van der Waals surface area contributed by atoms with Crippen LogP contribution in [0.5, 0.6) is 11.5 Å². The summed E-state index contributed by atoms with van der Waals surface area (Å²) < 4.78 is 11.7. The maximum Gasteiger partial charge on any atom is 0.266 e. The fourth-order valence-corrected chi connectivity index (χ4v) is 5.80. The van der Waals surface area contributed by atoms with Crippen LogP contribution in [-0.4, -0.2) is 40.1 Å². The number of benzene rings is 3. The molecule has 198 valence electrons. The zero-order valence-corrected chi connectivity index (χ0v) is 23.4. The molecule has 3 aromatic rings. The van der Waals surface area contributed by atoms with Gasteiger partial charge in [0.2, 0.25) is 5.91 Å². The minimum Gasteiger partial charge on any atom is -0.493 e. The normalized spacial score (nSPS) is 18.4. The van der Waals surface area contributed by atoms with Gasteiger partial charge >= 0.3 is 0 Å². The zero-order valence-electron chi connectivity index (χ0n) is 21.0. The Balaban J connectivity index is 1.32. The molecule has 0 bridgehead atoms. The van der Waals surface area contributed by atoms with Crippen molar-refractivity contribution in [3.63, 3.8) is 0 Å². The number of rotatable bonds is 7. The summed E-state index contributed by atoms with van der Waals surface area (Å²) in [5.41, 5.74) is 3.13.